The molecule has 0 radical (unpaired) electrons. The van der Waals surface area contributed by atoms with Crippen LogP contribution in [0.4, 0.5) is 0 Å². The summed E-state index contributed by atoms with van der Waals surface area (Å²) in [4.78, 5) is 0.300. The third-order valence-corrected chi connectivity index (χ3v) is 1.54. The molecule has 1 aromatic carbocycles. The first-order valence-electron chi connectivity index (χ1n) is 2.36. The molecule has 7 heteroatoms. The largest absolute Gasteiger partial charge is 1.00 e. The third kappa shape index (κ3) is 9.40. The van der Waals surface area contributed by atoms with Crippen LogP contribution in [0.25, 0.3) is 0 Å². The van der Waals surface area contributed by atoms with E-state index in [9.17, 15) is 8.42 Å². The van der Waals surface area contributed by atoms with Crippen molar-refractivity contribution in [3.8, 4) is 0 Å². The molecule has 0 atom stereocenters. The molecule has 0 unspecified atom stereocenters. The molecule has 0 saturated carbocycles. The summed E-state index contributed by atoms with van der Waals surface area (Å²) in [7, 11) is -2.10. The average molecular weight is 220 g/mol. The van der Waals surface area contributed by atoms with Gasteiger partial charge in [0.05, 0.1) is 0 Å². The molecule has 0 bridgehead atoms. The normalized spacial score (nSPS) is 6.85. The van der Waals surface area contributed by atoms with Crippen molar-refractivity contribution >= 4 is 10.7 Å². The Morgan fingerprint density at radius 3 is 1.62 bits per heavy atom. The zero-order valence-corrected chi connectivity index (χ0v) is 12.2. The molecule has 0 spiro atoms. The quantitative estimate of drug-likeness (QED) is 0.268. The van der Waals surface area contributed by atoms with E-state index in [0.29, 0.717) is 4.90 Å². The summed E-state index contributed by atoms with van der Waals surface area (Å²) in [6.45, 7) is 0. The molecule has 1 aromatic rings. The maximum Gasteiger partial charge on any atom is 1.00 e. The minimum Gasteiger partial charge on any atom is -0.870 e. The Hall–Kier alpha value is 1.09. The molecule has 2 N–H and O–H groups in total. The van der Waals surface area contributed by atoms with Gasteiger partial charge in [-0.25, -0.2) is 0 Å². The van der Waals surface area contributed by atoms with Crippen LogP contribution >= 0.6 is 0 Å². The van der Waals surface area contributed by atoms with Gasteiger partial charge in [-0.3, -0.25) is 0 Å². The van der Waals surface area contributed by atoms with E-state index >= 15 is 0 Å². The summed E-state index contributed by atoms with van der Waals surface area (Å²) < 4.78 is 20.4. The summed E-state index contributed by atoms with van der Waals surface area (Å²) >= 11 is 0. The molecule has 64 valence electrons. The topological polar surface area (TPSA) is 94.1 Å². The summed E-state index contributed by atoms with van der Waals surface area (Å²) in [6, 6.07) is 8.81. The zero-order valence-electron chi connectivity index (χ0n) is 7.43. The van der Waals surface area contributed by atoms with Crippen LogP contribution in [0.2, 0.25) is 0 Å². The second kappa shape index (κ2) is 13.1. The van der Waals surface area contributed by atoms with Crippen molar-refractivity contribution in [2.45, 2.75) is 4.90 Å². The molecule has 0 aromatic heterocycles. The van der Waals surface area contributed by atoms with Crippen molar-refractivity contribution in [2.75, 3.05) is 0 Å². The van der Waals surface area contributed by atoms with Crippen LogP contribution in [-0.4, -0.2) is 11.0 Å². The van der Waals surface area contributed by atoms with Gasteiger partial charge in [0.15, 0.2) is 0 Å². The van der Waals surface area contributed by atoms with Crippen molar-refractivity contribution in [3.63, 3.8) is 0 Å². The van der Waals surface area contributed by atoms with E-state index in [1.54, 1.807) is 12.1 Å². The van der Waals surface area contributed by atoms with Crippen LogP contribution < -0.4 is 59.1 Å². The van der Waals surface area contributed by atoms with Crippen LogP contribution in [-0.2, 0) is 19.1 Å². The summed E-state index contributed by atoms with van der Waals surface area (Å²) in [5.41, 5.74) is 0. The van der Waals surface area contributed by atoms with Crippen LogP contribution in [0.5, 0.6) is 0 Å². The minimum absolute atomic E-state index is 0. The van der Waals surface area contributed by atoms with Crippen molar-refractivity contribution in [1.82, 2.24) is 0 Å². The van der Waals surface area contributed by atoms with E-state index in [1.165, 1.54) is 12.1 Å². The van der Waals surface area contributed by atoms with Crippen molar-refractivity contribution in [1.29, 1.82) is 0 Å². The molecule has 0 aliphatic rings. The molecule has 0 amide bonds. The molecule has 0 aliphatic heterocycles. The first-order chi connectivity index (χ1) is 4.30. The van der Waals surface area contributed by atoms with Gasteiger partial charge in [-0.15, -0.1) is 0 Å². The van der Waals surface area contributed by atoms with E-state index in [2.05, 4.69) is 6.07 Å². The maximum absolute atomic E-state index is 10.2. The molecule has 0 heterocycles. The van der Waals surface area contributed by atoms with E-state index in [1.807, 2.05) is 0 Å². The third-order valence-electron chi connectivity index (χ3n) is 0.880. The Kier molecular flexibility index (Phi) is 23.9. The van der Waals surface area contributed by atoms with Gasteiger partial charge in [0, 0.05) is 0 Å². The number of hydrogen-bond donors (Lipinski definition) is 0. The summed E-state index contributed by atoms with van der Waals surface area (Å²) in [5.74, 6) is 0. The minimum atomic E-state index is -2.10. The smallest absolute Gasteiger partial charge is 0.870 e. The Morgan fingerprint density at radius 2 is 1.38 bits per heavy atom. The van der Waals surface area contributed by atoms with Crippen LogP contribution in [0.15, 0.2) is 29.2 Å². The molecule has 0 saturated heterocycles. The molecule has 13 heavy (non-hydrogen) atoms. The van der Waals surface area contributed by atoms with Gasteiger partial charge in [0.2, 0.25) is 0 Å². The van der Waals surface area contributed by atoms with Gasteiger partial charge < -0.3 is 19.4 Å². The van der Waals surface area contributed by atoms with E-state index < -0.39 is 10.7 Å². The number of rotatable bonds is 1. The predicted molar refractivity (Wildman–Crippen MR) is 36.2 cm³/mol. The van der Waals surface area contributed by atoms with Gasteiger partial charge >= 0.3 is 59.1 Å². The van der Waals surface area contributed by atoms with E-state index in [0.717, 1.165) is 0 Å². The summed E-state index contributed by atoms with van der Waals surface area (Å²) in [5, 5.41) is 0. The zero-order chi connectivity index (χ0) is 6.69. The molecular weight excluding hydrogens is 214 g/mol. The monoisotopic (exact) mass is 220 g/mol. The number of benzene rings is 1. The molecule has 4 nitrogen and oxygen atoms in total. The molecule has 0 fully saturated rings. The van der Waals surface area contributed by atoms with Crippen molar-refractivity contribution in [3.05, 3.63) is 30.3 Å². The van der Waals surface area contributed by atoms with Gasteiger partial charge in [-0.05, 0) is 0 Å². The summed E-state index contributed by atoms with van der Waals surface area (Å²) in [6.07, 6.45) is 0. The van der Waals surface area contributed by atoms with Crippen molar-refractivity contribution in [2.24, 2.45) is 0 Å². The second-order valence-electron chi connectivity index (χ2n) is 1.47. The van der Waals surface area contributed by atoms with Gasteiger partial charge in [0.25, 0.3) is 0 Å². The fourth-order valence-corrected chi connectivity index (χ4v) is 0.841. The Labute approximate surface area is 123 Å². The standard InChI is InChI=1S/C6H4O2S.2Na.2H2O/c7-9(8)6-4-2-1-3-5-6;;;;/h2-5H;;;2*1H2/q-2;2*+1;;/p-2. The fraction of sp³-hybridized carbons (Fsp3) is 0. The average Bonchev–Trinajstić information content (AvgIpc) is 1.90. The molecular formula is C6H6Na2O4S-2. The van der Waals surface area contributed by atoms with Crippen molar-refractivity contribution < 1.29 is 78.5 Å². The SMILES string of the molecule is O=[S-](=O)c1cc[c-]cc1.[Na+].[Na+].[OH-].[OH-]. The number of hydrogen-bond acceptors (Lipinski definition) is 5. The van der Waals surface area contributed by atoms with Gasteiger partial charge in [-0.2, -0.15) is 35.2 Å². The maximum atomic E-state index is 10.2. The fourth-order valence-electron chi connectivity index (χ4n) is 0.483. The van der Waals surface area contributed by atoms with Gasteiger partial charge in [0.1, 0.15) is 0 Å². The Morgan fingerprint density at radius 1 is 1.00 bits per heavy atom. The van der Waals surface area contributed by atoms with E-state index in [4.69, 9.17) is 0 Å². The van der Waals surface area contributed by atoms with Crippen LogP contribution in [0, 0.1) is 6.07 Å². The molecule has 1 rings (SSSR count). The predicted octanol–water partition coefficient (Wildman–Crippen LogP) is -5.19. The first-order valence-corrected chi connectivity index (χ1v) is 3.43. The Balaban J connectivity index is -0.000000101. The molecule has 0 aliphatic carbocycles. The van der Waals surface area contributed by atoms with Gasteiger partial charge in [-0.1, -0.05) is 10.7 Å². The van der Waals surface area contributed by atoms with Crippen LogP contribution in [0.1, 0.15) is 0 Å². The Bertz CT molecular complexity index is 255. The van der Waals surface area contributed by atoms with E-state index in [-0.39, 0.29) is 70.1 Å². The van der Waals surface area contributed by atoms with Crippen LogP contribution in [0.3, 0.4) is 0 Å². The first kappa shape index (κ1) is 23.7. The second-order valence-corrected chi connectivity index (χ2v) is 2.41.